The highest BCUT2D eigenvalue weighted by molar-refractivity contribution is 5.90. The molecule has 0 unspecified atom stereocenters. The Morgan fingerprint density at radius 3 is 2.59 bits per heavy atom. The van der Waals surface area contributed by atoms with Crippen molar-refractivity contribution in [3.05, 3.63) is 101 Å². The van der Waals surface area contributed by atoms with E-state index in [-0.39, 0.29) is 17.9 Å². The molecule has 0 aromatic heterocycles. The van der Waals surface area contributed by atoms with Gasteiger partial charge < -0.3 is 10.2 Å². The fourth-order valence-corrected chi connectivity index (χ4v) is 3.66. The highest BCUT2D eigenvalue weighted by Gasteiger charge is 2.31. The molecule has 0 aliphatic carbocycles. The number of aryl methyl sites for hydroxylation is 1. The average Bonchev–Trinajstić information content (AvgIpc) is 2.68. The van der Waals surface area contributed by atoms with Crippen molar-refractivity contribution >= 4 is 11.7 Å². The Balaban J connectivity index is 1.70. The van der Waals surface area contributed by atoms with Crippen molar-refractivity contribution in [2.45, 2.75) is 19.4 Å². The second-order valence-electron chi connectivity index (χ2n) is 6.90. The van der Waals surface area contributed by atoms with E-state index in [9.17, 15) is 9.18 Å². The zero-order valence-electron chi connectivity index (χ0n) is 15.2. The van der Waals surface area contributed by atoms with Crippen LogP contribution in [0.5, 0.6) is 0 Å². The molecule has 3 aromatic rings. The number of rotatable bonds is 2. The number of nitrogens with zero attached hydrogens (tertiary/aromatic N) is 1. The molecule has 1 aliphatic rings. The quantitative estimate of drug-likeness (QED) is 0.660. The number of hydrogen-bond donors (Lipinski definition) is 1. The van der Waals surface area contributed by atoms with Gasteiger partial charge in [0.15, 0.2) is 0 Å². The van der Waals surface area contributed by atoms with E-state index in [2.05, 4.69) is 41.7 Å². The van der Waals surface area contributed by atoms with Crippen LogP contribution in [-0.2, 0) is 6.42 Å². The molecule has 1 N–H and O–H groups in total. The van der Waals surface area contributed by atoms with E-state index in [0.29, 0.717) is 12.2 Å². The van der Waals surface area contributed by atoms with Crippen LogP contribution in [0.15, 0.2) is 72.8 Å². The van der Waals surface area contributed by atoms with Gasteiger partial charge in [0.1, 0.15) is 5.82 Å². The molecule has 3 aromatic carbocycles. The molecule has 0 spiro atoms. The van der Waals surface area contributed by atoms with Crippen molar-refractivity contribution in [3.63, 3.8) is 0 Å². The Labute approximate surface area is 158 Å². The molecule has 0 fully saturated rings. The summed E-state index contributed by atoms with van der Waals surface area (Å²) in [6.07, 6.45) is 0.801. The Morgan fingerprint density at radius 1 is 1.04 bits per heavy atom. The fraction of sp³-hybridized carbons (Fsp3) is 0.174. The monoisotopic (exact) mass is 360 g/mol. The topological polar surface area (TPSA) is 32.3 Å². The van der Waals surface area contributed by atoms with Gasteiger partial charge in [-0.05, 0) is 48.2 Å². The van der Waals surface area contributed by atoms with Gasteiger partial charge in [-0.3, -0.25) is 0 Å². The third-order valence-electron chi connectivity index (χ3n) is 5.01. The molecule has 0 saturated heterocycles. The highest BCUT2D eigenvalue weighted by atomic mass is 19.1. The Bertz CT molecular complexity index is 968. The van der Waals surface area contributed by atoms with Crippen molar-refractivity contribution in [2.24, 2.45) is 0 Å². The van der Waals surface area contributed by atoms with E-state index in [1.54, 1.807) is 12.1 Å². The summed E-state index contributed by atoms with van der Waals surface area (Å²) in [6.45, 7) is 2.66. The summed E-state index contributed by atoms with van der Waals surface area (Å²) >= 11 is 0. The number of fused-ring (bicyclic) bond motifs is 1. The van der Waals surface area contributed by atoms with Crippen LogP contribution in [0, 0.1) is 12.7 Å². The second kappa shape index (κ2) is 7.23. The van der Waals surface area contributed by atoms with E-state index < -0.39 is 0 Å². The summed E-state index contributed by atoms with van der Waals surface area (Å²) in [5.41, 5.74) is 5.11. The first kappa shape index (κ1) is 17.3. The van der Waals surface area contributed by atoms with Crippen LogP contribution in [0.3, 0.4) is 0 Å². The minimum Gasteiger partial charge on any atom is -0.313 e. The summed E-state index contributed by atoms with van der Waals surface area (Å²) in [5.74, 6) is -0.369. The highest BCUT2D eigenvalue weighted by Crippen LogP contribution is 2.35. The molecule has 0 radical (unpaired) electrons. The molecule has 0 bridgehead atoms. The predicted molar refractivity (Wildman–Crippen MR) is 105 cm³/mol. The minimum atomic E-state index is -0.369. The van der Waals surface area contributed by atoms with Gasteiger partial charge in [0.25, 0.3) is 0 Å². The maximum atomic E-state index is 13.5. The van der Waals surface area contributed by atoms with Crippen LogP contribution < -0.4 is 5.32 Å². The number of anilines is 1. The summed E-state index contributed by atoms with van der Waals surface area (Å²) in [5, 5.41) is 2.84. The minimum absolute atomic E-state index is 0.163. The van der Waals surface area contributed by atoms with E-state index in [0.717, 1.165) is 17.5 Å². The molecule has 27 heavy (non-hydrogen) atoms. The van der Waals surface area contributed by atoms with Crippen LogP contribution >= 0.6 is 0 Å². The molecule has 4 heteroatoms. The average molecular weight is 360 g/mol. The van der Waals surface area contributed by atoms with Crippen LogP contribution in [0.2, 0.25) is 0 Å². The normalized spacial score (nSPS) is 15.9. The molecule has 1 heterocycles. The van der Waals surface area contributed by atoms with Gasteiger partial charge in [0.2, 0.25) is 0 Å². The van der Waals surface area contributed by atoms with Crippen molar-refractivity contribution in [1.29, 1.82) is 0 Å². The van der Waals surface area contributed by atoms with Crippen LogP contribution in [0.25, 0.3) is 0 Å². The van der Waals surface area contributed by atoms with E-state index in [1.807, 2.05) is 24.0 Å². The molecule has 3 nitrogen and oxygen atoms in total. The lowest BCUT2D eigenvalue weighted by molar-refractivity contribution is 0.194. The van der Waals surface area contributed by atoms with Crippen molar-refractivity contribution < 1.29 is 9.18 Å². The Hall–Kier alpha value is -3.14. The second-order valence-corrected chi connectivity index (χ2v) is 6.90. The number of carbonyl (C=O) groups is 1. The predicted octanol–water partition coefficient (Wildman–Crippen LogP) is 5.31. The molecule has 1 aliphatic heterocycles. The first-order chi connectivity index (χ1) is 13.1. The number of carbonyl (C=O) groups excluding carboxylic acids is 1. The molecule has 136 valence electrons. The SMILES string of the molecule is Cc1ccc([C@@H]2c3ccccc3CCN2C(=O)Nc2cccc(F)c2)cc1. The first-order valence-electron chi connectivity index (χ1n) is 9.09. The molecular formula is C23H21FN2O. The van der Waals surface area contributed by atoms with Gasteiger partial charge in [-0.1, -0.05) is 60.2 Å². The fourth-order valence-electron chi connectivity index (χ4n) is 3.66. The Morgan fingerprint density at radius 2 is 1.81 bits per heavy atom. The molecule has 4 rings (SSSR count). The van der Waals surface area contributed by atoms with Crippen LogP contribution in [0.4, 0.5) is 14.9 Å². The smallest absolute Gasteiger partial charge is 0.313 e. The Kier molecular flexibility index (Phi) is 4.63. The maximum absolute atomic E-state index is 13.5. The molecule has 2 amide bonds. The lowest BCUT2D eigenvalue weighted by Crippen LogP contribution is -2.43. The van der Waals surface area contributed by atoms with Gasteiger partial charge in [-0.25, -0.2) is 9.18 Å². The van der Waals surface area contributed by atoms with E-state index >= 15 is 0 Å². The molecule has 1 atom stereocenters. The van der Waals surface area contributed by atoms with Gasteiger partial charge in [-0.2, -0.15) is 0 Å². The number of hydrogen-bond acceptors (Lipinski definition) is 1. The number of halogens is 1. The van der Waals surface area contributed by atoms with E-state index in [1.165, 1.54) is 23.3 Å². The number of benzene rings is 3. The third kappa shape index (κ3) is 3.56. The lowest BCUT2D eigenvalue weighted by atomic mass is 9.88. The number of amides is 2. The van der Waals surface area contributed by atoms with Crippen LogP contribution in [0.1, 0.15) is 28.3 Å². The summed E-state index contributed by atoms with van der Waals surface area (Å²) < 4.78 is 13.5. The zero-order chi connectivity index (χ0) is 18.8. The van der Waals surface area contributed by atoms with Gasteiger partial charge >= 0.3 is 6.03 Å². The maximum Gasteiger partial charge on any atom is 0.322 e. The van der Waals surface area contributed by atoms with Crippen molar-refractivity contribution in [1.82, 2.24) is 4.90 Å². The largest absolute Gasteiger partial charge is 0.322 e. The van der Waals surface area contributed by atoms with E-state index in [4.69, 9.17) is 0 Å². The molecule has 0 saturated carbocycles. The van der Waals surface area contributed by atoms with Crippen LogP contribution in [-0.4, -0.2) is 17.5 Å². The van der Waals surface area contributed by atoms with Crippen molar-refractivity contribution in [3.8, 4) is 0 Å². The van der Waals surface area contributed by atoms with Crippen molar-refractivity contribution in [2.75, 3.05) is 11.9 Å². The molecular weight excluding hydrogens is 339 g/mol. The first-order valence-corrected chi connectivity index (χ1v) is 9.09. The summed E-state index contributed by atoms with van der Waals surface area (Å²) in [7, 11) is 0. The van der Waals surface area contributed by atoms with Gasteiger partial charge in [0, 0.05) is 12.2 Å². The van der Waals surface area contributed by atoms with Gasteiger partial charge in [0.05, 0.1) is 6.04 Å². The van der Waals surface area contributed by atoms with Gasteiger partial charge in [-0.15, -0.1) is 0 Å². The zero-order valence-corrected chi connectivity index (χ0v) is 15.2. The number of urea groups is 1. The number of nitrogens with one attached hydrogen (secondary N) is 1. The summed E-state index contributed by atoms with van der Waals surface area (Å²) in [6, 6.07) is 22.1. The standard InChI is InChI=1S/C23H21FN2O/c1-16-9-11-18(12-10-16)22-21-8-3-2-5-17(21)13-14-26(22)23(27)25-20-7-4-6-19(24)15-20/h2-12,15,22H,13-14H2,1H3,(H,25,27)/t22-/m1/s1. The lowest BCUT2D eigenvalue weighted by Gasteiger charge is -2.37. The summed E-state index contributed by atoms with van der Waals surface area (Å²) in [4.78, 5) is 14.9. The third-order valence-corrected chi connectivity index (χ3v) is 5.01.